The number of aryl methyl sites for hydroxylation is 2. The van der Waals surface area contributed by atoms with E-state index in [2.05, 4.69) is 43.8 Å². The van der Waals surface area contributed by atoms with Gasteiger partial charge in [0.05, 0.1) is 0 Å². The fourth-order valence-corrected chi connectivity index (χ4v) is 3.06. The van der Waals surface area contributed by atoms with E-state index in [9.17, 15) is 0 Å². The summed E-state index contributed by atoms with van der Waals surface area (Å²) in [6, 6.07) is 2.69. The summed E-state index contributed by atoms with van der Waals surface area (Å²) in [5.41, 5.74) is 9.49. The van der Waals surface area contributed by atoms with Gasteiger partial charge in [-0.2, -0.15) is 0 Å². The van der Waals surface area contributed by atoms with E-state index in [1.165, 1.54) is 24.0 Å². The third-order valence-electron chi connectivity index (χ3n) is 3.88. The summed E-state index contributed by atoms with van der Waals surface area (Å²) in [7, 11) is 4.27. The minimum Gasteiger partial charge on any atom is -0.352 e. The van der Waals surface area contributed by atoms with Gasteiger partial charge < -0.3 is 15.5 Å². The van der Waals surface area contributed by atoms with Gasteiger partial charge in [0.25, 0.3) is 0 Å². The highest BCUT2D eigenvalue weighted by Crippen LogP contribution is 2.29. The average Bonchev–Trinajstić information content (AvgIpc) is 2.75. The van der Waals surface area contributed by atoms with Crippen LogP contribution in [0, 0.1) is 13.8 Å². The summed E-state index contributed by atoms with van der Waals surface area (Å²) in [6.07, 6.45) is 2.49. The van der Waals surface area contributed by atoms with Crippen molar-refractivity contribution < 1.29 is 0 Å². The number of hydrogen-bond acceptors (Lipinski definition) is 4. The summed E-state index contributed by atoms with van der Waals surface area (Å²) in [4.78, 5) is 9.49. The lowest BCUT2D eigenvalue weighted by molar-refractivity contribution is 0.371. The van der Waals surface area contributed by atoms with Crippen molar-refractivity contribution in [2.45, 2.75) is 39.3 Å². The minimum absolute atomic E-state index is 0.564. The van der Waals surface area contributed by atoms with Crippen molar-refractivity contribution in [2.24, 2.45) is 5.73 Å². The van der Waals surface area contributed by atoms with Crippen LogP contribution < -0.4 is 10.6 Å². The highest BCUT2D eigenvalue weighted by molar-refractivity contribution is 5.53. The molecule has 1 aromatic rings. The molecule has 19 heavy (non-hydrogen) atoms. The monoisotopic (exact) mass is 262 g/mol. The number of nitrogens with two attached hydrogens (primary N) is 1. The van der Waals surface area contributed by atoms with Crippen LogP contribution in [-0.2, 0) is 6.54 Å². The van der Waals surface area contributed by atoms with Crippen LogP contribution >= 0.6 is 0 Å². The summed E-state index contributed by atoms with van der Waals surface area (Å²) in [6.45, 7) is 6.95. The molecule has 1 unspecified atom stereocenters. The molecule has 4 heteroatoms. The quantitative estimate of drug-likeness (QED) is 0.897. The number of aromatic nitrogens is 1. The lowest BCUT2D eigenvalue weighted by Crippen LogP contribution is -2.38. The smallest absolute Gasteiger partial charge is 0.133 e. The Kier molecular flexibility index (Phi) is 4.42. The number of likely N-dealkylation sites (N-methyl/N-ethyl adjacent to an activating group) is 1. The van der Waals surface area contributed by atoms with Crippen LogP contribution in [0.3, 0.4) is 0 Å². The maximum atomic E-state index is 5.94. The second kappa shape index (κ2) is 5.88. The molecule has 2 rings (SSSR count). The van der Waals surface area contributed by atoms with Gasteiger partial charge in [0.2, 0.25) is 0 Å². The van der Waals surface area contributed by atoms with E-state index in [0.717, 1.165) is 24.6 Å². The van der Waals surface area contributed by atoms with Crippen molar-refractivity contribution in [3.05, 3.63) is 22.9 Å². The predicted molar refractivity (Wildman–Crippen MR) is 80.5 cm³/mol. The van der Waals surface area contributed by atoms with Gasteiger partial charge in [-0.3, -0.25) is 0 Å². The number of rotatable bonds is 4. The van der Waals surface area contributed by atoms with Gasteiger partial charge in [0.15, 0.2) is 0 Å². The Balaban J connectivity index is 2.34. The Labute approximate surface area is 116 Å². The van der Waals surface area contributed by atoms with Gasteiger partial charge in [-0.15, -0.1) is 0 Å². The molecule has 0 bridgehead atoms. The van der Waals surface area contributed by atoms with E-state index in [4.69, 9.17) is 10.7 Å². The zero-order valence-electron chi connectivity index (χ0n) is 12.6. The molecule has 0 aliphatic carbocycles. The molecule has 0 spiro atoms. The van der Waals surface area contributed by atoms with E-state index >= 15 is 0 Å². The number of nitrogens with zero attached hydrogens (tertiary/aromatic N) is 3. The van der Waals surface area contributed by atoms with E-state index in [-0.39, 0.29) is 0 Å². The molecular formula is C15H26N4. The van der Waals surface area contributed by atoms with Gasteiger partial charge in [-0.05, 0) is 52.4 Å². The topological polar surface area (TPSA) is 45.4 Å². The van der Waals surface area contributed by atoms with E-state index in [1.807, 2.05) is 0 Å². The highest BCUT2D eigenvalue weighted by atomic mass is 15.3. The average molecular weight is 262 g/mol. The molecule has 0 amide bonds. The normalized spacial score (nSPS) is 19.5. The Morgan fingerprint density at radius 2 is 2.16 bits per heavy atom. The van der Waals surface area contributed by atoms with Gasteiger partial charge in [-0.25, -0.2) is 4.98 Å². The Morgan fingerprint density at radius 1 is 1.42 bits per heavy atom. The summed E-state index contributed by atoms with van der Waals surface area (Å²) in [5, 5.41) is 0. The predicted octanol–water partition coefficient (Wildman–Crippen LogP) is 1.69. The molecule has 2 N–H and O–H groups in total. The zero-order valence-corrected chi connectivity index (χ0v) is 12.6. The Bertz CT molecular complexity index is 442. The lowest BCUT2D eigenvalue weighted by Gasteiger charge is -2.30. The van der Waals surface area contributed by atoms with E-state index < -0.39 is 0 Å². The molecule has 0 aromatic carbocycles. The standard InChI is InChI=1S/C15H26N4/c1-11-8-12(2)17-15(14(11)9-16)19-7-5-6-13(19)10-18(3)4/h8,13H,5-7,9-10,16H2,1-4H3. The van der Waals surface area contributed by atoms with Crippen molar-refractivity contribution in [3.63, 3.8) is 0 Å². The summed E-state index contributed by atoms with van der Waals surface area (Å²) >= 11 is 0. The fourth-order valence-electron chi connectivity index (χ4n) is 3.06. The largest absolute Gasteiger partial charge is 0.352 e. The van der Waals surface area contributed by atoms with Gasteiger partial charge >= 0.3 is 0 Å². The Morgan fingerprint density at radius 3 is 2.79 bits per heavy atom. The molecule has 0 radical (unpaired) electrons. The minimum atomic E-state index is 0.564. The molecular weight excluding hydrogens is 236 g/mol. The first-order valence-electron chi connectivity index (χ1n) is 7.11. The molecule has 2 heterocycles. The molecule has 0 saturated carbocycles. The first kappa shape index (κ1) is 14.3. The van der Waals surface area contributed by atoms with Crippen molar-refractivity contribution in [1.29, 1.82) is 0 Å². The van der Waals surface area contributed by atoms with Crippen LogP contribution in [0.2, 0.25) is 0 Å². The molecule has 1 fully saturated rings. The molecule has 4 nitrogen and oxygen atoms in total. The third kappa shape index (κ3) is 3.07. The summed E-state index contributed by atoms with van der Waals surface area (Å²) in [5.74, 6) is 1.12. The van der Waals surface area contributed by atoms with E-state index in [1.54, 1.807) is 0 Å². The molecule has 106 valence electrons. The van der Waals surface area contributed by atoms with Crippen LogP contribution in [0.25, 0.3) is 0 Å². The van der Waals surface area contributed by atoms with Crippen LogP contribution in [0.15, 0.2) is 6.07 Å². The first-order valence-corrected chi connectivity index (χ1v) is 7.11. The van der Waals surface area contributed by atoms with Gasteiger partial charge in [0, 0.05) is 36.9 Å². The second-order valence-corrected chi connectivity index (χ2v) is 5.84. The molecule has 1 saturated heterocycles. The van der Waals surface area contributed by atoms with Crippen LogP contribution in [0.1, 0.15) is 29.7 Å². The van der Waals surface area contributed by atoms with Crippen LogP contribution in [0.5, 0.6) is 0 Å². The fraction of sp³-hybridized carbons (Fsp3) is 0.667. The number of pyridine rings is 1. The molecule has 1 atom stereocenters. The molecule has 1 aliphatic rings. The summed E-state index contributed by atoms with van der Waals surface area (Å²) < 4.78 is 0. The highest BCUT2D eigenvalue weighted by Gasteiger charge is 2.28. The molecule has 1 aromatic heterocycles. The van der Waals surface area contributed by atoms with Gasteiger partial charge in [0.1, 0.15) is 5.82 Å². The SMILES string of the molecule is Cc1cc(C)c(CN)c(N2CCCC2CN(C)C)n1. The molecule has 1 aliphatic heterocycles. The van der Waals surface area contributed by atoms with Gasteiger partial charge in [-0.1, -0.05) is 0 Å². The number of anilines is 1. The van der Waals surface area contributed by atoms with Crippen LogP contribution in [0.4, 0.5) is 5.82 Å². The van der Waals surface area contributed by atoms with Crippen LogP contribution in [-0.4, -0.2) is 43.1 Å². The zero-order chi connectivity index (χ0) is 14.0. The second-order valence-electron chi connectivity index (χ2n) is 5.84. The van der Waals surface area contributed by atoms with Crippen molar-refractivity contribution in [3.8, 4) is 0 Å². The van der Waals surface area contributed by atoms with Crippen molar-refractivity contribution in [2.75, 3.05) is 32.1 Å². The van der Waals surface area contributed by atoms with E-state index in [0.29, 0.717) is 12.6 Å². The maximum absolute atomic E-state index is 5.94. The number of hydrogen-bond donors (Lipinski definition) is 1. The lowest BCUT2D eigenvalue weighted by atomic mass is 10.1. The third-order valence-corrected chi connectivity index (χ3v) is 3.88. The first-order chi connectivity index (χ1) is 9.02. The van der Waals surface area contributed by atoms with Crippen molar-refractivity contribution in [1.82, 2.24) is 9.88 Å². The maximum Gasteiger partial charge on any atom is 0.133 e. The Hall–Kier alpha value is -1.13. The van der Waals surface area contributed by atoms with Crippen molar-refractivity contribution >= 4 is 5.82 Å².